The number of amides is 4. The first-order chi connectivity index (χ1) is 17.6. The van der Waals surface area contributed by atoms with Crippen LogP contribution in [-0.4, -0.2) is 83.6 Å². The Morgan fingerprint density at radius 2 is 1.51 bits per heavy atom. The molecule has 0 saturated carbocycles. The number of aliphatic hydroxyl groups is 1. The van der Waals surface area contributed by atoms with Crippen molar-refractivity contribution in [3.8, 4) is 5.75 Å². The van der Waals surface area contributed by atoms with Crippen LogP contribution in [0.25, 0.3) is 0 Å². The molecule has 0 aliphatic heterocycles. The fourth-order valence-electron chi connectivity index (χ4n) is 3.52. The lowest BCUT2D eigenvalue weighted by Gasteiger charge is -2.28. The van der Waals surface area contributed by atoms with Gasteiger partial charge in [-0.1, -0.05) is 42.5 Å². The lowest BCUT2D eigenvalue weighted by Crippen LogP contribution is -2.54. The zero-order chi connectivity index (χ0) is 27.4. The number of benzene rings is 2. The van der Waals surface area contributed by atoms with Gasteiger partial charge in [0.25, 0.3) is 0 Å². The highest BCUT2D eigenvalue weighted by molar-refractivity contribution is 5.93. The molecule has 11 heteroatoms. The predicted molar refractivity (Wildman–Crippen MR) is 137 cm³/mol. The highest BCUT2D eigenvalue weighted by Crippen LogP contribution is 2.11. The summed E-state index contributed by atoms with van der Waals surface area (Å²) in [6, 6.07) is 12.7. The Labute approximate surface area is 216 Å². The van der Waals surface area contributed by atoms with Gasteiger partial charge in [0, 0.05) is 20.0 Å². The van der Waals surface area contributed by atoms with E-state index in [1.54, 1.807) is 12.1 Å². The molecule has 0 radical (unpaired) electrons. The second-order valence-electron chi connectivity index (χ2n) is 8.65. The summed E-state index contributed by atoms with van der Waals surface area (Å²) in [5.41, 5.74) is 7.53. The van der Waals surface area contributed by atoms with Crippen LogP contribution in [0.4, 0.5) is 0 Å². The van der Waals surface area contributed by atoms with Crippen LogP contribution in [0.5, 0.6) is 5.75 Å². The summed E-state index contributed by atoms with van der Waals surface area (Å²) >= 11 is 0. The monoisotopic (exact) mass is 513 g/mol. The summed E-state index contributed by atoms with van der Waals surface area (Å²) < 4.78 is 0. The van der Waals surface area contributed by atoms with E-state index in [-0.39, 0.29) is 38.3 Å². The molecule has 2 rings (SSSR count). The minimum atomic E-state index is -0.954. The number of phenols is 1. The van der Waals surface area contributed by atoms with Gasteiger partial charge < -0.3 is 36.8 Å². The number of likely N-dealkylation sites (N-methyl/N-ethyl adjacent to an activating group) is 1. The van der Waals surface area contributed by atoms with Gasteiger partial charge in [0.05, 0.1) is 19.2 Å². The number of carbonyl (C=O) groups is 4. The van der Waals surface area contributed by atoms with E-state index in [4.69, 9.17) is 10.8 Å². The molecule has 0 aromatic heterocycles. The molecule has 2 unspecified atom stereocenters. The molecular formula is C26H35N5O6. The Bertz CT molecular complexity index is 1050. The minimum Gasteiger partial charge on any atom is -0.508 e. The normalized spacial score (nSPS) is 13.1. The molecule has 11 nitrogen and oxygen atoms in total. The van der Waals surface area contributed by atoms with Crippen LogP contribution in [0.1, 0.15) is 18.1 Å². The highest BCUT2D eigenvalue weighted by atomic mass is 16.3. The average Bonchev–Trinajstić information content (AvgIpc) is 2.90. The largest absolute Gasteiger partial charge is 0.508 e. The van der Waals surface area contributed by atoms with E-state index in [2.05, 4.69) is 16.0 Å². The van der Waals surface area contributed by atoms with E-state index in [1.165, 1.54) is 31.0 Å². The number of nitrogens with one attached hydrogen (secondary N) is 3. The van der Waals surface area contributed by atoms with Crippen LogP contribution in [0, 0.1) is 0 Å². The molecule has 3 atom stereocenters. The second kappa shape index (κ2) is 14.6. The molecule has 2 aromatic carbocycles. The zero-order valence-corrected chi connectivity index (χ0v) is 21.0. The number of hydrogen-bond donors (Lipinski definition) is 6. The van der Waals surface area contributed by atoms with Crippen molar-refractivity contribution >= 4 is 23.6 Å². The highest BCUT2D eigenvalue weighted by Gasteiger charge is 2.28. The number of carbonyl (C=O) groups excluding carboxylic acids is 4. The van der Waals surface area contributed by atoms with Gasteiger partial charge in [0.2, 0.25) is 23.6 Å². The van der Waals surface area contributed by atoms with Gasteiger partial charge in [-0.15, -0.1) is 0 Å². The topological polar surface area (TPSA) is 174 Å². The molecule has 4 amide bonds. The number of nitrogens with zero attached hydrogens (tertiary/aromatic N) is 1. The maximum absolute atomic E-state index is 12.8. The molecule has 2 aromatic rings. The summed E-state index contributed by atoms with van der Waals surface area (Å²) in [6.45, 7) is 0.900. The smallest absolute Gasteiger partial charge is 0.243 e. The molecule has 0 aliphatic carbocycles. The molecular weight excluding hydrogens is 478 g/mol. The average molecular weight is 514 g/mol. The Morgan fingerprint density at radius 1 is 0.892 bits per heavy atom. The molecule has 0 spiro atoms. The van der Waals surface area contributed by atoms with Crippen LogP contribution in [0.3, 0.4) is 0 Å². The lowest BCUT2D eigenvalue weighted by molar-refractivity contribution is -0.139. The fourth-order valence-corrected chi connectivity index (χ4v) is 3.52. The molecule has 7 N–H and O–H groups in total. The summed E-state index contributed by atoms with van der Waals surface area (Å²) in [5, 5.41) is 26.0. The summed E-state index contributed by atoms with van der Waals surface area (Å²) in [6.07, 6.45) is 0.463. The molecule has 0 heterocycles. The number of rotatable bonds is 13. The summed E-state index contributed by atoms with van der Waals surface area (Å²) in [4.78, 5) is 51.6. The van der Waals surface area contributed by atoms with Crippen molar-refractivity contribution in [2.75, 3.05) is 26.7 Å². The number of nitrogens with two attached hydrogens (primary N) is 1. The second-order valence-corrected chi connectivity index (χ2v) is 8.65. The van der Waals surface area contributed by atoms with Crippen molar-refractivity contribution in [3.05, 3.63) is 65.7 Å². The first-order valence-electron chi connectivity index (χ1n) is 11.9. The molecule has 0 fully saturated rings. The van der Waals surface area contributed by atoms with E-state index in [1.807, 2.05) is 30.3 Å². The quantitative estimate of drug-likeness (QED) is 0.200. The van der Waals surface area contributed by atoms with Gasteiger partial charge in [0.1, 0.15) is 17.8 Å². The number of aromatic hydroxyl groups is 1. The van der Waals surface area contributed by atoms with E-state index in [0.29, 0.717) is 0 Å². The van der Waals surface area contributed by atoms with Gasteiger partial charge in [-0.3, -0.25) is 19.2 Å². The Balaban J connectivity index is 1.90. The van der Waals surface area contributed by atoms with Crippen LogP contribution >= 0.6 is 0 Å². The van der Waals surface area contributed by atoms with Gasteiger partial charge in [-0.25, -0.2) is 0 Å². The van der Waals surface area contributed by atoms with Crippen molar-refractivity contribution in [2.45, 2.75) is 37.9 Å². The lowest BCUT2D eigenvalue weighted by atomic mass is 10.0. The van der Waals surface area contributed by atoms with Crippen LogP contribution in [-0.2, 0) is 32.0 Å². The predicted octanol–water partition coefficient (Wildman–Crippen LogP) is -0.939. The standard InChI is InChI=1S/C26H35N5O6/c1-17(30-25(36)21(27)14-19-8-10-20(33)11-9-19)24(35)29-16-23(34)31(2)22(26(37)28-12-13-32)15-18-6-4-3-5-7-18/h3-11,17,21-22,32-33H,12-16,27H2,1-2H3,(H,28,37)(H,29,35)(H,30,36)/t17-,21?,22?/m1/s1. The summed E-state index contributed by atoms with van der Waals surface area (Å²) in [7, 11) is 1.47. The molecule has 200 valence electrons. The van der Waals surface area contributed by atoms with Crippen molar-refractivity contribution in [1.82, 2.24) is 20.9 Å². The van der Waals surface area contributed by atoms with Crippen LogP contribution in [0.15, 0.2) is 54.6 Å². The number of phenolic OH excluding ortho intramolecular Hbond substituents is 1. The van der Waals surface area contributed by atoms with Crippen molar-refractivity contribution in [3.63, 3.8) is 0 Å². The minimum absolute atomic E-state index is 0.0506. The summed E-state index contributed by atoms with van der Waals surface area (Å²) in [5.74, 6) is -1.96. The molecule has 0 bridgehead atoms. The van der Waals surface area contributed by atoms with Crippen LogP contribution < -0.4 is 21.7 Å². The van der Waals surface area contributed by atoms with Gasteiger partial charge in [0.15, 0.2) is 0 Å². The molecule has 0 aliphatic rings. The van der Waals surface area contributed by atoms with Crippen molar-refractivity contribution in [2.24, 2.45) is 5.73 Å². The Morgan fingerprint density at radius 3 is 2.14 bits per heavy atom. The van der Waals surface area contributed by atoms with Gasteiger partial charge >= 0.3 is 0 Å². The first kappa shape index (κ1) is 29.3. The Kier molecular flexibility index (Phi) is 11.5. The molecule has 0 saturated heterocycles. The molecule has 37 heavy (non-hydrogen) atoms. The van der Waals surface area contributed by atoms with Gasteiger partial charge in [-0.2, -0.15) is 0 Å². The third-order valence-electron chi connectivity index (χ3n) is 5.74. The maximum Gasteiger partial charge on any atom is 0.243 e. The van der Waals surface area contributed by atoms with E-state index < -0.39 is 41.8 Å². The Hall–Kier alpha value is -3.96. The maximum atomic E-state index is 12.8. The van der Waals surface area contributed by atoms with E-state index in [0.717, 1.165) is 11.1 Å². The first-order valence-corrected chi connectivity index (χ1v) is 11.9. The third kappa shape index (κ3) is 9.54. The zero-order valence-electron chi connectivity index (χ0n) is 21.0. The van der Waals surface area contributed by atoms with Crippen molar-refractivity contribution < 1.29 is 29.4 Å². The third-order valence-corrected chi connectivity index (χ3v) is 5.74. The van der Waals surface area contributed by atoms with E-state index >= 15 is 0 Å². The number of hydrogen-bond acceptors (Lipinski definition) is 7. The SMILES string of the molecule is C[C@@H](NC(=O)C(N)Cc1ccc(O)cc1)C(=O)NCC(=O)N(C)C(Cc1ccccc1)C(=O)NCCO. The number of aliphatic hydroxyl groups excluding tert-OH is 1. The van der Waals surface area contributed by atoms with Crippen LogP contribution in [0.2, 0.25) is 0 Å². The van der Waals surface area contributed by atoms with E-state index in [9.17, 15) is 24.3 Å². The van der Waals surface area contributed by atoms with Crippen molar-refractivity contribution in [1.29, 1.82) is 0 Å². The fraction of sp³-hybridized carbons (Fsp3) is 0.385. The van der Waals surface area contributed by atoms with Gasteiger partial charge in [-0.05, 0) is 36.6 Å².